The molecule has 0 amide bonds. The molecular formula is C9H13NO4S. The summed E-state index contributed by atoms with van der Waals surface area (Å²) in [5.74, 6) is 4.49. The van der Waals surface area contributed by atoms with Crippen LogP contribution in [0.3, 0.4) is 0 Å². The highest BCUT2D eigenvalue weighted by Gasteiger charge is 2.08. The summed E-state index contributed by atoms with van der Waals surface area (Å²) < 4.78 is 29.3. The lowest BCUT2D eigenvalue weighted by Gasteiger charge is -2.02. The van der Waals surface area contributed by atoms with Gasteiger partial charge in [0, 0.05) is 0 Å². The van der Waals surface area contributed by atoms with Crippen LogP contribution in [-0.4, -0.2) is 15.0 Å². The van der Waals surface area contributed by atoms with E-state index in [2.05, 4.69) is 14.4 Å². The van der Waals surface area contributed by atoms with Crippen LogP contribution in [0.15, 0.2) is 30.3 Å². The molecule has 84 valence electrons. The lowest BCUT2D eigenvalue weighted by Crippen LogP contribution is -2.15. The minimum absolute atomic E-state index is 0.0639. The van der Waals surface area contributed by atoms with Crippen molar-refractivity contribution in [3.05, 3.63) is 35.9 Å². The summed E-state index contributed by atoms with van der Waals surface area (Å²) >= 11 is 0. The van der Waals surface area contributed by atoms with Gasteiger partial charge in [0.25, 0.3) is 0 Å². The molecule has 0 fully saturated rings. The molecule has 0 bridgehead atoms. The quantitative estimate of drug-likeness (QED) is 0.578. The third-order valence-electron chi connectivity index (χ3n) is 1.80. The predicted octanol–water partition coefficient (Wildman–Crippen LogP) is 0.771. The maximum Gasteiger partial charge on any atom is 0.415 e. The number of rotatable bonds is 6. The van der Waals surface area contributed by atoms with Crippen LogP contribution < -0.4 is 5.90 Å². The monoisotopic (exact) mass is 231 g/mol. The smallest absolute Gasteiger partial charge is 0.247 e. The van der Waals surface area contributed by atoms with E-state index in [-0.39, 0.29) is 6.61 Å². The molecule has 0 heterocycles. The predicted molar refractivity (Wildman–Crippen MR) is 54.9 cm³/mol. The zero-order valence-corrected chi connectivity index (χ0v) is 8.94. The highest BCUT2D eigenvalue weighted by molar-refractivity contribution is 7.81. The van der Waals surface area contributed by atoms with Gasteiger partial charge < -0.3 is 0 Å². The zero-order valence-electron chi connectivity index (χ0n) is 8.13. The van der Waals surface area contributed by atoms with Crippen LogP contribution in [0.5, 0.6) is 0 Å². The Labute approximate surface area is 89.1 Å². The molecule has 0 unspecified atom stereocenters. The highest BCUT2D eigenvalue weighted by Crippen LogP contribution is 2.03. The molecular weight excluding hydrogens is 218 g/mol. The molecule has 6 heteroatoms. The second kappa shape index (κ2) is 5.82. The lowest BCUT2D eigenvalue weighted by atomic mass is 10.1. The number of nitrogens with two attached hydrogens (primary N) is 1. The van der Waals surface area contributed by atoms with Crippen molar-refractivity contribution >= 4 is 10.4 Å². The highest BCUT2D eigenvalue weighted by atomic mass is 32.3. The molecule has 0 spiro atoms. The third kappa shape index (κ3) is 4.89. The summed E-state index contributed by atoms with van der Waals surface area (Å²) in [4.78, 5) is 0. The van der Waals surface area contributed by atoms with Gasteiger partial charge in [0.1, 0.15) is 0 Å². The molecule has 1 aromatic carbocycles. The Hall–Kier alpha value is -0.950. The Bertz CT molecular complexity index is 376. The topological polar surface area (TPSA) is 78.6 Å². The van der Waals surface area contributed by atoms with E-state index in [0.29, 0.717) is 6.42 Å². The second-order valence-electron chi connectivity index (χ2n) is 2.92. The van der Waals surface area contributed by atoms with E-state index in [9.17, 15) is 8.42 Å². The molecule has 1 rings (SSSR count). The van der Waals surface area contributed by atoms with Gasteiger partial charge in [-0.2, -0.15) is 18.6 Å². The molecule has 2 N–H and O–H groups in total. The van der Waals surface area contributed by atoms with Crippen molar-refractivity contribution in [2.24, 2.45) is 5.90 Å². The van der Waals surface area contributed by atoms with Crippen LogP contribution in [-0.2, 0) is 25.3 Å². The summed E-state index contributed by atoms with van der Waals surface area (Å²) in [5, 5.41) is 0. The molecule has 0 aromatic heterocycles. The van der Waals surface area contributed by atoms with Gasteiger partial charge >= 0.3 is 10.4 Å². The fraction of sp³-hybridized carbons (Fsp3) is 0.333. The summed E-state index contributed by atoms with van der Waals surface area (Å²) in [7, 11) is -4.00. The largest absolute Gasteiger partial charge is 0.415 e. The van der Waals surface area contributed by atoms with Crippen molar-refractivity contribution in [2.45, 2.75) is 12.8 Å². The SMILES string of the molecule is NOS(=O)(=O)OCCCc1ccccc1. The molecule has 0 aliphatic rings. The fourth-order valence-corrected chi connectivity index (χ4v) is 1.49. The first-order valence-electron chi connectivity index (χ1n) is 4.46. The van der Waals surface area contributed by atoms with E-state index in [1.54, 1.807) is 0 Å². The minimum atomic E-state index is -4.00. The number of aryl methyl sites for hydroxylation is 1. The van der Waals surface area contributed by atoms with E-state index in [0.717, 1.165) is 12.0 Å². The van der Waals surface area contributed by atoms with Crippen molar-refractivity contribution in [2.75, 3.05) is 6.61 Å². The first-order valence-corrected chi connectivity index (χ1v) is 5.79. The van der Waals surface area contributed by atoms with Crippen LogP contribution in [0.25, 0.3) is 0 Å². The van der Waals surface area contributed by atoms with Gasteiger partial charge in [0.2, 0.25) is 0 Å². The standard InChI is InChI=1S/C9H13NO4S/c10-14-15(11,12)13-8-4-7-9-5-2-1-3-6-9/h1-3,5-6H,4,7-8,10H2. The summed E-state index contributed by atoms with van der Waals surface area (Å²) in [5.41, 5.74) is 1.13. The normalized spacial score (nSPS) is 11.5. The summed E-state index contributed by atoms with van der Waals surface area (Å²) in [6.07, 6.45) is 1.34. The maximum atomic E-state index is 10.6. The van der Waals surface area contributed by atoms with E-state index in [1.807, 2.05) is 30.3 Å². The Morgan fingerprint density at radius 1 is 1.20 bits per heavy atom. The van der Waals surface area contributed by atoms with Crippen LogP contribution in [0, 0.1) is 0 Å². The molecule has 0 aliphatic carbocycles. The van der Waals surface area contributed by atoms with E-state index in [1.165, 1.54) is 0 Å². The van der Waals surface area contributed by atoms with Crippen LogP contribution in [0.2, 0.25) is 0 Å². The van der Waals surface area contributed by atoms with Crippen LogP contribution >= 0.6 is 0 Å². The molecule has 0 saturated heterocycles. The van der Waals surface area contributed by atoms with Gasteiger partial charge in [-0.3, -0.25) is 0 Å². The molecule has 0 saturated carbocycles. The molecule has 1 aromatic rings. The molecule has 5 nitrogen and oxygen atoms in total. The van der Waals surface area contributed by atoms with Gasteiger partial charge in [-0.05, 0) is 18.4 Å². The first kappa shape index (κ1) is 12.1. The maximum absolute atomic E-state index is 10.6. The Kier molecular flexibility index (Phi) is 4.70. The number of hydrogen-bond acceptors (Lipinski definition) is 5. The van der Waals surface area contributed by atoms with Crippen molar-refractivity contribution < 1.29 is 16.9 Å². The Morgan fingerprint density at radius 3 is 2.47 bits per heavy atom. The Morgan fingerprint density at radius 2 is 1.87 bits per heavy atom. The van der Waals surface area contributed by atoms with Gasteiger partial charge in [-0.25, -0.2) is 4.18 Å². The molecule has 0 aliphatic heterocycles. The number of hydrogen-bond donors (Lipinski definition) is 1. The third-order valence-corrected chi connectivity index (χ3v) is 2.49. The second-order valence-corrected chi connectivity index (χ2v) is 4.16. The fourth-order valence-electron chi connectivity index (χ4n) is 1.11. The van der Waals surface area contributed by atoms with E-state index in [4.69, 9.17) is 0 Å². The van der Waals surface area contributed by atoms with Crippen molar-refractivity contribution in [1.29, 1.82) is 0 Å². The molecule has 0 radical (unpaired) electrons. The van der Waals surface area contributed by atoms with Crippen molar-refractivity contribution in [3.8, 4) is 0 Å². The number of benzene rings is 1. The van der Waals surface area contributed by atoms with Gasteiger partial charge in [-0.15, -0.1) is 0 Å². The van der Waals surface area contributed by atoms with Gasteiger partial charge in [0.05, 0.1) is 6.61 Å². The van der Waals surface area contributed by atoms with E-state index >= 15 is 0 Å². The minimum Gasteiger partial charge on any atom is -0.247 e. The lowest BCUT2D eigenvalue weighted by molar-refractivity contribution is 0.216. The van der Waals surface area contributed by atoms with Crippen LogP contribution in [0.4, 0.5) is 0 Å². The zero-order chi connectivity index (χ0) is 11.1. The molecule has 0 atom stereocenters. The summed E-state index contributed by atoms with van der Waals surface area (Å²) in [6, 6.07) is 9.71. The molecule has 15 heavy (non-hydrogen) atoms. The van der Waals surface area contributed by atoms with Crippen molar-refractivity contribution in [3.63, 3.8) is 0 Å². The van der Waals surface area contributed by atoms with Gasteiger partial charge in [-0.1, -0.05) is 30.3 Å². The summed E-state index contributed by atoms with van der Waals surface area (Å²) in [6.45, 7) is 0.0639. The Balaban J connectivity index is 2.24. The van der Waals surface area contributed by atoms with Gasteiger partial charge in [0.15, 0.2) is 0 Å². The van der Waals surface area contributed by atoms with Crippen LogP contribution in [0.1, 0.15) is 12.0 Å². The average Bonchev–Trinajstić information content (AvgIpc) is 2.26. The average molecular weight is 231 g/mol. The first-order chi connectivity index (χ1) is 7.14. The van der Waals surface area contributed by atoms with Crippen molar-refractivity contribution in [1.82, 2.24) is 0 Å². The van der Waals surface area contributed by atoms with E-state index < -0.39 is 10.4 Å².